The number of alkyl halides is 1. The molecule has 0 amide bonds. The molecule has 14 heavy (non-hydrogen) atoms. The lowest BCUT2D eigenvalue weighted by Crippen LogP contribution is -2.45. The van der Waals surface area contributed by atoms with Crippen molar-refractivity contribution in [3.63, 3.8) is 0 Å². The van der Waals surface area contributed by atoms with Crippen LogP contribution in [0.5, 0.6) is 0 Å². The normalized spacial score (nSPS) is 21.9. The van der Waals surface area contributed by atoms with Gasteiger partial charge in [0.05, 0.1) is 13.2 Å². The summed E-state index contributed by atoms with van der Waals surface area (Å²) in [6, 6.07) is 0. The first-order valence-corrected chi connectivity index (χ1v) is 5.86. The molecule has 1 heterocycles. The summed E-state index contributed by atoms with van der Waals surface area (Å²) in [5.41, 5.74) is 0. The minimum absolute atomic E-state index is 0.671. The summed E-state index contributed by atoms with van der Waals surface area (Å²) in [5.74, 6) is 0. The highest BCUT2D eigenvalue weighted by atomic mass is 35.5. The van der Waals surface area contributed by atoms with Crippen LogP contribution in [0.25, 0.3) is 0 Å². The third-order valence-corrected chi connectivity index (χ3v) is 2.58. The molecule has 0 atom stereocenters. The quantitative estimate of drug-likeness (QED) is 0.440. The van der Waals surface area contributed by atoms with Gasteiger partial charge in [-0.1, -0.05) is 19.8 Å². The maximum absolute atomic E-state index is 6.10. The van der Waals surface area contributed by atoms with Crippen molar-refractivity contribution in [3.05, 3.63) is 0 Å². The minimum atomic E-state index is -1.07. The largest absolute Gasteiger partial charge is 0.325 e. The number of hydrogen-bond donors (Lipinski definition) is 1. The molecule has 4 heteroatoms. The van der Waals surface area contributed by atoms with E-state index in [4.69, 9.17) is 21.1 Å². The third-order valence-electron chi connectivity index (χ3n) is 2.23. The van der Waals surface area contributed by atoms with Crippen LogP contribution in [0.4, 0.5) is 0 Å². The SMILES string of the molecule is CCCCCNC1(Cl)OCCCCO1. The Morgan fingerprint density at radius 3 is 2.43 bits per heavy atom. The van der Waals surface area contributed by atoms with Crippen LogP contribution in [0.2, 0.25) is 0 Å². The molecule has 0 aromatic carbocycles. The van der Waals surface area contributed by atoms with Gasteiger partial charge in [0.2, 0.25) is 0 Å². The van der Waals surface area contributed by atoms with E-state index < -0.39 is 5.37 Å². The average Bonchev–Trinajstić information content (AvgIpc) is 2.39. The zero-order valence-corrected chi connectivity index (χ0v) is 9.61. The Bertz CT molecular complexity index is 147. The lowest BCUT2D eigenvalue weighted by atomic mass is 10.2. The maximum Gasteiger partial charge on any atom is 0.311 e. The standard InChI is InChI=1S/C10H20ClNO2/c1-2-3-4-7-12-10(11)13-8-5-6-9-14-10/h12H,2-9H2,1H3. The highest BCUT2D eigenvalue weighted by Gasteiger charge is 2.29. The van der Waals surface area contributed by atoms with E-state index >= 15 is 0 Å². The van der Waals surface area contributed by atoms with Gasteiger partial charge in [-0.3, -0.25) is 5.32 Å². The first-order valence-electron chi connectivity index (χ1n) is 5.49. The van der Waals surface area contributed by atoms with Gasteiger partial charge in [0.1, 0.15) is 0 Å². The van der Waals surface area contributed by atoms with Crippen LogP contribution >= 0.6 is 11.6 Å². The van der Waals surface area contributed by atoms with Crippen LogP contribution in [0.1, 0.15) is 39.0 Å². The number of nitrogens with one attached hydrogen (secondary N) is 1. The second-order valence-electron chi connectivity index (χ2n) is 3.57. The van der Waals surface area contributed by atoms with Crippen LogP contribution in [0.3, 0.4) is 0 Å². The summed E-state index contributed by atoms with van der Waals surface area (Å²) in [4.78, 5) is 0. The Morgan fingerprint density at radius 2 is 1.86 bits per heavy atom. The van der Waals surface area contributed by atoms with E-state index in [2.05, 4.69) is 12.2 Å². The van der Waals surface area contributed by atoms with E-state index in [1.807, 2.05) is 0 Å². The lowest BCUT2D eigenvalue weighted by Gasteiger charge is -2.25. The molecule has 1 aliphatic heterocycles. The highest BCUT2D eigenvalue weighted by molar-refractivity contribution is 6.21. The van der Waals surface area contributed by atoms with Crippen molar-refractivity contribution < 1.29 is 9.47 Å². The fourth-order valence-corrected chi connectivity index (χ4v) is 1.62. The van der Waals surface area contributed by atoms with Gasteiger partial charge in [-0.2, -0.15) is 0 Å². The topological polar surface area (TPSA) is 30.5 Å². The van der Waals surface area contributed by atoms with Crippen molar-refractivity contribution in [3.8, 4) is 0 Å². The number of halogens is 1. The number of ether oxygens (including phenoxy) is 2. The zero-order chi connectivity index (χ0) is 10.3. The molecule has 3 nitrogen and oxygen atoms in total. The van der Waals surface area contributed by atoms with Crippen LogP contribution in [-0.4, -0.2) is 25.1 Å². The number of hydrogen-bond acceptors (Lipinski definition) is 3. The van der Waals surface area contributed by atoms with Gasteiger partial charge in [0, 0.05) is 6.54 Å². The monoisotopic (exact) mass is 221 g/mol. The third kappa shape index (κ3) is 4.60. The summed E-state index contributed by atoms with van der Waals surface area (Å²) >= 11 is 6.10. The van der Waals surface area contributed by atoms with Crippen molar-refractivity contribution in [1.82, 2.24) is 5.32 Å². The predicted molar refractivity (Wildman–Crippen MR) is 57.2 cm³/mol. The Kier molecular flexibility index (Phi) is 5.78. The Labute approximate surface area is 91.1 Å². The maximum atomic E-state index is 6.10. The van der Waals surface area contributed by atoms with Gasteiger partial charge in [-0.25, -0.2) is 0 Å². The fourth-order valence-electron chi connectivity index (χ4n) is 1.37. The molecule has 1 rings (SSSR count). The second-order valence-corrected chi connectivity index (χ2v) is 4.07. The molecule has 1 N–H and O–H groups in total. The Balaban J connectivity index is 2.17. The first kappa shape index (κ1) is 12.2. The molecular weight excluding hydrogens is 202 g/mol. The van der Waals surface area contributed by atoms with Crippen molar-refractivity contribution >= 4 is 11.6 Å². The fraction of sp³-hybridized carbons (Fsp3) is 1.00. The van der Waals surface area contributed by atoms with E-state index in [-0.39, 0.29) is 0 Å². The highest BCUT2D eigenvalue weighted by Crippen LogP contribution is 2.19. The summed E-state index contributed by atoms with van der Waals surface area (Å²) in [6.07, 6.45) is 5.56. The van der Waals surface area contributed by atoms with Crippen molar-refractivity contribution in [2.24, 2.45) is 0 Å². The van der Waals surface area contributed by atoms with Gasteiger partial charge in [-0.05, 0) is 30.9 Å². The van der Waals surface area contributed by atoms with Gasteiger partial charge in [-0.15, -0.1) is 0 Å². The van der Waals surface area contributed by atoms with Crippen LogP contribution in [-0.2, 0) is 9.47 Å². The molecule has 0 aromatic heterocycles. The molecular formula is C10H20ClNO2. The predicted octanol–water partition coefficient (Wildman–Crippen LogP) is 2.44. The molecule has 1 saturated heterocycles. The molecule has 0 aliphatic carbocycles. The summed E-state index contributed by atoms with van der Waals surface area (Å²) in [6.45, 7) is 4.36. The van der Waals surface area contributed by atoms with E-state index in [0.29, 0.717) is 13.2 Å². The average molecular weight is 222 g/mol. The molecule has 84 valence electrons. The Morgan fingerprint density at radius 1 is 1.21 bits per heavy atom. The molecule has 0 aromatic rings. The summed E-state index contributed by atoms with van der Waals surface area (Å²) in [5, 5.41) is 2.03. The smallest absolute Gasteiger partial charge is 0.311 e. The van der Waals surface area contributed by atoms with Gasteiger partial charge < -0.3 is 9.47 Å². The van der Waals surface area contributed by atoms with Crippen LogP contribution in [0.15, 0.2) is 0 Å². The first-order chi connectivity index (χ1) is 6.77. The Hall–Kier alpha value is 0.170. The zero-order valence-electron chi connectivity index (χ0n) is 8.85. The van der Waals surface area contributed by atoms with Crippen molar-refractivity contribution in [2.45, 2.75) is 44.4 Å². The number of unbranched alkanes of at least 4 members (excludes halogenated alkanes) is 2. The van der Waals surface area contributed by atoms with Gasteiger partial charge in [0.15, 0.2) is 0 Å². The van der Waals surface area contributed by atoms with Crippen molar-refractivity contribution in [2.75, 3.05) is 19.8 Å². The van der Waals surface area contributed by atoms with Crippen LogP contribution in [0, 0.1) is 0 Å². The van der Waals surface area contributed by atoms with E-state index in [0.717, 1.165) is 25.8 Å². The van der Waals surface area contributed by atoms with Crippen molar-refractivity contribution in [1.29, 1.82) is 0 Å². The minimum Gasteiger partial charge on any atom is -0.325 e. The van der Waals surface area contributed by atoms with E-state index in [9.17, 15) is 0 Å². The molecule has 1 aliphatic rings. The van der Waals surface area contributed by atoms with Gasteiger partial charge in [0.25, 0.3) is 0 Å². The number of rotatable bonds is 5. The second kappa shape index (κ2) is 6.62. The van der Waals surface area contributed by atoms with Crippen LogP contribution < -0.4 is 5.32 Å². The summed E-state index contributed by atoms with van der Waals surface area (Å²) in [7, 11) is 0. The van der Waals surface area contributed by atoms with E-state index in [1.165, 1.54) is 12.8 Å². The van der Waals surface area contributed by atoms with E-state index in [1.54, 1.807) is 0 Å². The molecule has 1 fully saturated rings. The molecule has 0 unspecified atom stereocenters. The lowest BCUT2D eigenvalue weighted by molar-refractivity contribution is -0.183. The molecule has 0 bridgehead atoms. The van der Waals surface area contributed by atoms with Gasteiger partial charge >= 0.3 is 5.37 Å². The summed E-state index contributed by atoms with van der Waals surface area (Å²) < 4.78 is 10.8. The molecule has 0 saturated carbocycles. The molecule has 0 radical (unpaired) electrons. The molecule has 0 spiro atoms.